The molecular formula is C18H30N2O. The third-order valence-electron chi connectivity index (χ3n) is 3.30. The number of aryl methyl sites for hydroxylation is 1. The smallest absolute Gasteiger partial charge is 0.253 e. The van der Waals surface area contributed by atoms with Crippen molar-refractivity contribution in [2.24, 2.45) is 11.8 Å². The molecule has 0 aliphatic rings. The molecule has 1 rings (SSSR count). The lowest BCUT2D eigenvalue weighted by atomic mass is 10.1. The second-order valence-electron chi connectivity index (χ2n) is 6.56. The van der Waals surface area contributed by atoms with E-state index in [4.69, 9.17) is 0 Å². The topological polar surface area (TPSA) is 32.3 Å². The molecule has 0 fully saturated rings. The maximum absolute atomic E-state index is 12.7. The van der Waals surface area contributed by atoms with Crippen molar-refractivity contribution >= 4 is 11.6 Å². The van der Waals surface area contributed by atoms with Gasteiger partial charge in [0.1, 0.15) is 0 Å². The maximum atomic E-state index is 12.7. The van der Waals surface area contributed by atoms with Gasteiger partial charge in [0.25, 0.3) is 5.91 Å². The zero-order valence-electron chi connectivity index (χ0n) is 14.4. The summed E-state index contributed by atoms with van der Waals surface area (Å²) in [4.78, 5) is 14.7. The molecule has 0 aliphatic carbocycles. The number of hydrogen-bond donors (Lipinski definition) is 1. The number of amides is 1. The molecule has 0 heterocycles. The lowest BCUT2D eigenvalue weighted by Crippen LogP contribution is -2.37. The molecule has 1 aromatic carbocycles. The Hall–Kier alpha value is -1.51. The van der Waals surface area contributed by atoms with Crippen LogP contribution in [-0.2, 0) is 0 Å². The summed E-state index contributed by atoms with van der Waals surface area (Å²) in [7, 11) is 0. The number of hydrogen-bond acceptors (Lipinski definition) is 2. The van der Waals surface area contributed by atoms with Crippen molar-refractivity contribution in [1.82, 2.24) is 4.90 Å². The molecule has 0 saturated heterocycles. The summed E-state index contributed by atoms with van der Waals surface area (Å²) in [5, 5.41) is 3.31. The fraction of sp³-hybridized carbons (Fsp3) is 0.611. The molecule has 0 unspecified atom stereocenters. The fourth-order valence-corrected chi connectivity index (χ4v) is 2.49. The number of nitrogens with zero attached hydrogens (tertiary/aromatic N) is 1. The summed E-state index contributed by atoms with van der Waals surface area (Å²) in [5.41, 5.74) is 3.01. The Labute approximate surface area is 129 Å². The number of carbonyl (C=O) groups excluding carboxylic acids is 1. The van der Waals surface area contributed by atoms with Crippen LogP contribution in [-0.4, -0.2) is 30.4 Å². The Bertz CT molecular complexity index is 456. The maximum Gasteiger partial charge on any atom is 0.253 e. The predicted molar refractivity (Wildman–Crippen MR) is 90.9 cm³/mol. The van der Waals surface area contributed by atoms with Gasteiger partial charge in [0, 0.05) is 30.9 Å². The number of carbonyl (C=O) groups is 1. The monoisotopic (exact) mass is 290 g/mol. The number of benzene rings is 1. The Morgan fingerprint density at radius 2 is 1.71 bits per heavy atom. The molecule has 1 amide bonds. The van der Waals surface area contributed by atoms with Crippen molar-refractivity contribution in [3.05, 3.63) is 29.3 Å². The zero-order chi connectivity index (χ0) is 16.0. The third kappa shape index (κ3) is 5.41. The van der Waals surface area contributed by atoms with Crippen molar-refractivity contribution in [2.75, 3.05) is 25.0 Å². The lowest BCUT2D eigenvalue weighted by Gasteiger charge is -2.26. The molecule has 0 radical (unpaired) electrons. The minimum absolute atomic E-state index is 0.142. The second-order valence-corrected chi connectivity index (χ2v) is 6.56. The van der Waals surface area contributed by atoms with E-state index in [2.05, 4.69) is 39.9 Å². The number of rotatable bonds is 7. The van der Waals surface area contributed by atoms with Crippen LogP contribution < -0.4 is 5.32 Å². The van der Waals surface area contributed by atoms with Crippen LogP contribution in [0, 0.1) is 18.8 Å². The van der Waals surface area contributed by atoms with Gasteiger partial charge in [-0.15, -0.1) is 0 Å². The molecule has 0 aliphatic heterocycles. The van der Waals surface area contributed by atoms with Crippen molar-refractivity contribution in [3.8, 4) is 0 Å². The van der Waals surface area contributed by atoms with E-state index in [0.29, 0.717) is 11.8 Å². The molecule has 0 aromatic heterocycles. The zero-order valence-corrected chi connectivity index (χ0v) is 14.4. The fourth-order valence-electron chi connectivity index (χ4n) is 2.49. The Morgan fingerprint density at radius 3 is 2.14 bits per heavy atom. The van der Waals surface area contributed by atoms with E-state index >= 15 is 0 Å². The van der Waals surface area contributed by atoms with Gasteiger partial charge in [0.2, 0.25) is 0 Å². The average molecular weight is 290 g/mol. The van der Waals surface area contributed by atoms with Gasteiger partial charge in [0.05, 0.1) is 0 Å². The minimum Gasteiger partial charge on any atom is -0.385 e. The van der Waals surface area contributed by atoms with Gasteiger partial charge in [-0.2, -0.15) is 0 Å². The molecule has 0 spiro atoms. The summed E-state index contributed by atoms with van der Waals surface area (Å²) >= 11 is 0. The van der Waals surface area contributed by atoms with Crippen LogP contribution in [0.25, 0.3) is 0 Å². The highest BCUT2D eigenvalue weighted by atomic mass is 16.2. The highest BCUT2D eigenvalue weighted by Crippen LogP contribution is 2.18. The third-order valence-corrected chi connectivity index (χ3v) is 3.30. The van der Waals surface area contributed by atoms with Crippen LogP contribution in [0.1, 0.15) is 50.5 Å². The minimum atomic E-state index is 0.142. The molecule has 1 N–H and O–H groups in total. The van der Waals surface area contributed by atoms with Gasteiger partial charge in [0.15, 0.2) is 0 Å². The SMILES string of the molecule is CCNc1ccc(C(=O)N(CC(C)C)CC(C)C)cc1C. The molecule has 1 aromatic rings. The standard InChI is InChI=1S/C18H30N2O/c1-7-19-17-9-8-16(10-15(17)6)18(21)20(11-13(2)3)12-14(4)5/h8-10,13-14,19H,7,11-12H2,1-6H3. The number of anilines is 1. The Balaban J connectivity index is 2.94. The number of nitrogens with one attached hydrogen (secondary N) is 1. The van der Waals surface area contributed by atoms with Crippen LogP contribution in [0.15, 0.2) is 18.2 Å². The summed E-state index contributed by atoms with van der Waals surface area (Å²) in [5.74, 6) is 1.10. The first-order valence-corrected chi connectivity index (χ1v) is 7.98. The highest BCUT2D eigenvalue weighted by Gasteiger charge is 2.18. The van der Waals surface area contributed by atoms with Gasteiger partial charge in [-0.05, 0) is 49.4 Å². The van der Waals surface area contributed by atoms with E-state index in [1.54, 1.807) is 0 Å². The molecule has 118 valence electrons. The van der Waals surface area contributed by atoms with Crippen LogP contribution in [0.4, 0.5) is 5.69 Å². The molecule has 3 nitrogen and oxygen atoms in total. The van der Waals surface area contributed by atoms with Gasteiger partial charge in [-0.1, -0.05) is 27.7 Å². The van der Waals surface area contributed by atoms with Gasteiger partial charge >= 0.3 is 0 Å². The summed E-state index contributed by atoms with van der Waals surface area (Å²) in [6, 6.07) is 5.93. The highest BCUT2D eigenvalue weighted by molar-refractivity contribution is 5.95. The van der Waals surface area contributed by atoms with E-state index in [-0.39, 0.29) is 5.91 Å². The van der Waals surface area contributed by atoms with Crippen molar-refractivity contribution in [3.63, 3.8) is 0 Å². The van der Waals surface area contributed by atoms with Gasteiger partial charge in [-0.25, -0.2) is 0 Å². The average Bonchev–Trinajstić information content (AvgIpc) is 2.38. The first kappa shape index (κ1) is 17.5. The summed E-state index contributed by atoms with van der Waals surface area (Å²) < 4.78 is 0. The Kier molecular flexibility index (Phi) is 6.73. The Morgan fingerprint density at radius 1 is 1.14 bits per heavy atom. The summed E-state index contributed by atoms with van der Waals surface area (Å²) in [6.07, 6.45) is 0. The molecular weight excluding hydrogens is 260 g/mol. The van der Waals surface area contributed by atoms with Crippen molar-refractivity contribution < 1.29 is 4.79 Å². The van der Waals surface area contributed by atoms with Crippen LogP contribution >= 0.6 is 0 Å². The molecule has 0 saturated carbocycles. The van der Waals surface area contributed by atoms with Crippen LogP contribution in [0.5, 0.6) is 0 Å². The van der Waals surface area contributed by atoms with E-state index in [1.165, 1.54) is 0 Å². The van der Waals surface area contributed by atoms with Gasteiger partial charge < -0.3 is 10.2 Å². The summed E-state index contributed by atoms with van der Waals surface area (Å²) in [6.45, 7) is 15.2. The molecule has 3 heteroatoms. The first-order chi connectivity index (χ1) is 9.85. The lowest BCUT2D eigenvalue weighted by molar-refractivity contribution is 0.0715. The first-order valence-electron chi connectivity index (χ1n) is 7.98. The molecule has 0 bridgehead atoms. The largest absolute Gasteiger partial charge is 0.385 e. The van der Waals surface area contributed by atoms with E-state index in [9.17, 15) is 4.79 Å². The normalized spacial score (nSPS) is 11.0. The van der Waals surface area contributed by atoms with Crippen molar-refractivity contribution in [2.45, 2.75) is 41.5 Å². The molecule has 21 heavy (non-hydrogen) atoms. The molecule has 0 atom stereocenters. The van der Waals surface area contributed by atoms with E-state index in [1.807, 2.05) is 30.0 Å². The predicted octanol–water partition coefficient (Wildman–Crippen LogP) is 4.18. The van der Waals surface area contributed by atoms with Gasteiger partial charge in [-0.3, -0.25) is 4.79 Å². The quantitative estimate of drug-likeness (QED) is 0.817. The van der Waals surface area contributed by atoms with Crippen molar-refractivity contribution in [1.29, 1.82) is 0 Å². The van der Waals surface area contributed by atoms with E-state index in [0.717, 1.165) is 36.4 Å². The van der Waals surface area contributed by atoms with Crippen LogP contribution in [0.3, 0.4) is 0 Å². The van der Waals surface area contributed by atoms with E-state index < -0.39 is 0 Å². The second kappa shape index (κ2) is 8.06. The van der Waals surface area contributed by atoms with Crippen LogP contribution in [0.2, 0.25) is 0 Å².